The van der Waals surface area contributed by atoms with E-state index in [9.17, 15) is 18.0 Å². The molecule has 0 atom stereocenters. The van der Waals surface area contributed by atoms with Gasteiger partial charge in [0.15, 0.2) is 0 Å². The van der Waals surface area contributed by atoms with Gasteiger partial charge in [-0.05, 0) is 31.2 Å². The molecular formula is C17H25N3O6S2. The molecule has 2 aliphatic rings. The van der Waals surface area contributed by atoms with Gasteiger partial charge in [-0.1, -0.05) is 0 Å². The molecule has 11 heteroatoms. The Hall–Kier alpha value is -1.69. The van der Waals surface area contributed by atoms with E-state index >= 15 is 0 Å². The van der Waals surface area contributed by atoms with Gasteiger partial charge < -0.3 is 19.7 Å². The van der Waals surface area contributed by atoms with Crippen LogP contribution in [0.4, 0.5) is 4.79 Å². The average molecular weight is 432 g/mol. The third-order valence-electron chi connectivity index (χ3n) is 4.78. The van der Waals surface area contributed by atoms with Crippen LogP contribution in [0.1, 0.15) is 29.4 Å². The molecule has 3 rings (SSSR count). The zero-order valence-electron chi connectivity index (χ0n) is 15.8. The highest BCUT2D eigenvalue weighted by atomic mass is 32.2. The lowest BCUT2D eigenvalue weighted by Gasteiger charge is -2.31. The molecule has 2 saturated heterocycles. The van der Waals surface area contributed by atoms with Crippen LogP contribution in [-0.2, 0) is 19.5 Å². The van der Waals surface area contributed by atoms with Gasteiger partial charge in [0.1, 0.15) is 9.77 Å². The van der Waals surface area contributed by atoms with E-state index in [-0.39, 0.29) is 35.0 Å². The topological polar surface area (TPSA) is 105 Å². The van der Waals surface area contributed by atoms with Crippen LogP contribution < -0.4 is 5.32 Å². The summed E-state index contributed by atoms with van der Waals surface area (Å²) in [4.78, 5) is 26.3. The van der Waals surface area contributed by atoms with Crippen molar-refractivity contribution in [3.05, 3.63) is 16.3 Å². The predicted octanol–water partition coefficient (Wildman–Crippen LogP) is 1.12. The van der Waals surface area contributed by atoms with Crippen molar-refractivity contribution < 1.29 is 27.5 Å². The number of sulfonamides is 1. The SMILES string of the molecule is CCOC(=O)N1CCC(NC(=O)c2sccc2S(=O)(=O)N2CCOCC2)CC1. The maximum Gasteiger partial charge on any atom is 0.409 e. The van der Waals surface area contributed by atoms with Gasteiger partial charge in [0, 0.05) is 32.2 Å². The fraction of sp³-hybridized carbons (Fsp3) is 0.647. The molecule has 0 aliphatic carbocycles. The molecule has 1 aromatic heterocycles. The molecule has 0 aromatic carbocycles. The Labute approximate surface area is 168 Å². The smallest absolute Gasteiger partial charge is 0.409 e. The van der Waals surface area contributed by atoms with Gasteiger partial charge in [-0.3, -0.25) is 4.79 Å². The standard InChI is InChI=1S/C17H25N3O6S2/c1-2-26-17(22)19-6-3-13(4-7-19)18-16(21)15-14(5-12-27-15)28(23,24)20-8-10-25-11-9-20/h5,12-13H,2-4,6-11H2,1H3,(H,18,21). The predicted molar refractivity (Wildman–Crippen MR) is 103 cm³/mol. The minimum absolute atomic E-state index is 0.0425. The van der Waals surface area contributed by atoms with Crippen molar-refractivity contribution in [2.24, 2.45) is 0 Å². The Morgan fingerprint density at radius 1 is 1.25 bits per heavy atom. The van der Waals surface area contributed by atoms with Crippen LogP contribution in [0.2, 0.25) is 0 Å². The molecule has 0 bridgehead atoms. The number of likely N-dealkylation sites (tertiary alicyclic amines) is 1. The van der Waals surface area contributed by atoms with Gasteiger partial charge in [0.2, 0.25) is 10.0 Å². The summed E-state index contributed by atoms with van der Waals surface area (Å²) in [6, 6.07) is 1.37. The Balaban J connectivity index is 1.62. The van der Waals surface area contributed by atoms with Crippen molar-refractivity contribution in [2.45, 2.75) is 30.7 Å². The molecule has 0 spiro atoms. The van der Waals surface area contributed by atoms with Crippen molar-refractivity contribution >= 4 is 33.4 Å². The van der Waals surface area contributed by atoms with Crippen molar-refractivity contribution in [1.29, 1.82) is 0 Å². The lowest BCUT2D eigenvalue weighted by molar-refractivity contribution is 0.0730. The highest BCUT2D eigenvalue weighted by molar-refractivity contribution is 7.89. The summed E-state index contributed by atoms with van der Waals surface area (Å²) in [5, 5.41) is 4.53. The number of amides is 2. The van der Waals surface area contributed by atoms with Gasteiger partial charge in [-0.2, -0.15) is 4.31 Å². The lowest BCUT2D eigenvalue weighted by atomic mass is 10.1. The van der Waals surface area contributed by atoms with Gasteiger partial charge in [-0.25, -0.2) is 13.2 Å². The van der Waals surface area contributed by atoms with E-state index in [0.29, 0.717) is 45.8 Å². The zero-order valence-corrected chi connectivity index (χ0v) is 17.4. The van der Waals surface area contributed by atoms with Crippen LogP contribution in [0.25, 0.3) is 0 Å². The van der Waals surface area contributed by atoms with E-state index in [1.54, 1.807) is 17.2 Å². The van der Waals surface area contributed by atoms with Crippen LogP contribution >= 0.6 is 11.3 Å². The van der Waals surface area contributed by atoms with Crippen molar-refractivity contribution in [3.63, 3.8) is 0 Å². The third-order valence-corrected chi connectivity index (χ3v) is 7.76. The summed E-state index contributed by atoms with van der Waals surface area (Å²) < 4.78 is 37.3. The van der Waals surface area contributed by atoms with Gasteiger partial charge >= 0.3 is 6.09 Å². The minimum atomic E-state index is -3.73. The van der Waals surface area contributed by atoms with E-state index in [2.05, 4.69) is 5.32 Å². The highest BCUT2D eigenvalue weighted by Gasteiger charge is 2.32. The fourth-order valence-corrected chi connectivity index (χ4v) is 5.98. The molecule has 1 N–H and O–H groups in total. The van der Waals surface area contributed by atoms with E-state index in [4.69, 9.17) is 9.47 Å². The first-order chi connectivity index (χ1) is 13.4. The van der Waals surface area contributed by atoms with Gasteiger partial charge in [0.25, 0.3) is 5.91 Å². The number of rotatable bonds is 5. The molecule has 2 aliphatic heterocycles. The van der Waals surface area contributed by atoms with Crippen LogP contribution in [0.3, 0.4) is 0 Å². The minimum Gasteiger partial charge on any atom is -0.450 e. The number of thiophene rings is 1. The number of hydrogen-bond donors (Lipinski definition) is 1. The molecule has 2 fully saturated rings. The molecule has 0 radical (unpaired) electrons. The summed E-state index contributed by atoms with van der Waals surface area (Å²) in [7, 11) is -3.73. The Morgan fingerprint density at radius 2 is 1.93 bits per heavy atom. The normalized spacial score (nSPS) is 19.4. The Kier molecular flexibility index (Phi) is 6.91. The number of nitrogens with one attached hydrogen (secondary N) is 1. The van der Waals surface area contributed by atoms with Crippen molar-refractivity contribution in [1.82, 2.24) is 14.5 Å². The lowest BCUT2D eigenvalue weighted by Crippen LogP contribution is -2.47. The number of ether oxygens (including phenoxy) is 2. The van der Waals surface area contributed by atoms with E-state index < -0.39 is 15.9 Å². The average Bonchev–Trinajstić information content (AvgIpc) is 3.20. The number of nitrogens with zero attached hydrogens (tertiary/aromatic N) is 2. The largest absolute Gasteiger partial charge is 0.450 e. The molecule has 0 unspecified atom stereocenters. The third kappa shape index (κ3) is 4.65. The van der Waals surface area contributed by atoms with Crippen molar-refractivity contribution in [2.75, 3.05) is 46.0 Å². The quantitative estimate of drug-likeness (QED) is 0.749. The van der Waals surface area contributed by atoms with Crippen LogP contribution in [0.5, 0.6) is 0 Å². The maximum absolute atomic E-state index is 12.9. The number of carbonyl (C=O) groups is 2. The summed E-state index contributed by atoms with van der Waals surface area (Å²) in [6.07, 6.45) is 0.854. The summed E-state index contributed by atoms with van der Waals surface area (Å²) in [6.45, 7) is 4.34. The summed E-state index contributed by atoms with van der Waals surface area (Å²) in [5.74, 6) is -0.392. The summed E-state index contributed by atoms with van der Waals surface area (Å²) >= 11 is 1.12. The number of hydrogen-bond acceptors (Lipinski definition) is 7. The van der Waals surface area contributed by atoms with E-state index in [0.717, 1.165) is 11.3 Å². The maximum atomic E-state index is 12.9. The number of piperidine rings is 1. The Bertz CT molecular complexity index is 796. The molecular weight excluding hydrogens is 406 g/mol. The van der Waals surface area contributed by atoms with Crippen molar-refractivity contribution in [3.8, 4) is 0 Å². The first kappa shape index (κ1) is 21.0. The summed E-state index contributed by atoms with van der Waals surface area (Å²) in [5.41, 5.74) is 0. The molecule has 9 nitrogen and oxygen atoms in total. The zero-order chi connectivity index (χ0) is 20.1. The van der Waals surface area contributed by atoms with Crippen LogP contribution in [-0.4, -0.2) is 81.7 Å². The second-order valence-electron chi connectivity index (χ2n) is 6.56. The Morgan fingerprint density at radius 3 is 2.57 bits per heavy atom. The number of morpholine rings is 1. The fourth-order valence-electron chi connectivity index (χ4n) is 3.26. The molecule has 28 heavy (non-hydrogen) atoms. The molecule has 1 aromatic rings. The molecule has 156 valence electrons. The second-order valence-corrected chi connectivity index (χ2v) is 9.39. The van der Waals surface area contributed by atoms with Gasteiger partial charge in [-0.15, -0.1) is 11.3 Å². The molecule has 3 heterocycles. The first-order valence-corrected chi connectivity index (χ1v) is 11.6. The van der Waals surface area contributed by atoms with E-state index in [1.165, 1.54) is 10.4 Å². The monoisotopic (exact) mass is 431 g/mol. The highest BCUT2D eigenvalue weighted by Crippen LogP contribution is 2.26. The number of carbonyl (C=O) groups excluding carboxylic acids is 2. The van der Waals surface area contributed by atoms with Crippen LogP contribution in [0.15, 0.2) is 16.3 Å². The van der Waals surface area contributed by atoms with E-state index in [1.807, 2.05) is 0 Å². The van der Waals surface area contributed by atoms with Crippen LogP contribution in [0, 0.1) is 0 Å². The molecule has 2 amide bonds. The molecule has 0 saturated carbocycles. The van der Waals surface area contributed by atoms with Gasteiger partial charge in [0.05, 0.1) is 19.8 Å². The first-order valence-electron chi connectivity index (χ1n) is 9.31. The second kappa shape index (κ2) is 9.21.